The van der Waals surface area contributed by atoms with Gasteiger partial charge < -0.3 is 14.4 Å². The molecule has 2 fully saturated rings. The largest absolute Gasteiger partial charge is 0.496 e. The van der Waals surface area contributed by atoms with Crippen LogP contribution >= 0.6 is 0 Å². The summed E-state index contributed by atoms with van der Waals surface area (Å²) in [6.07, 6.45) is -11.3. The Morgan fingerprint density at radius 3 is 2.23 bits per heavy atom. The number of aromatic nitrogens is 1. The summed E-state index contributed by atoms with van der Waals surface area (Å²) in [6.45, 7) is 2.92. The number of carbonyl (C=O) groups is 1. The highest BCUT2D eigenvalue weighted by Gasteiger charge is 2.43. The second kappa shape index (κ2) is 11.3. The van der Waals surface area contributed by atoms with E-state index in [1.165, 1.54) is 18.9 Å². The normalized spacial score (nSPS) is 18.7. The van der Waals surface area contributed by atoms with Gasteiger partial charge in [0.25, 0.3) is 0 Å². The number of alkyl halides is 6. The summed E-state index contributed by atoms with van der Waals surface area (Å²) in [7, 11) is 1.49. The first-order valence-electron chi connectivity index (χ1n) is 13.4. The molecule has 2 aliphatic heterocycles. The summed E-state index contributed by atoms with van der Waals surface area (Å²) < 4.78 is 92.0. The van der Waals surface area contributed by atoms with E-state index in [2.05, 4.69) is 6.07 Å². The number of pyridine rings is 1. The average molecular weight is 605 g/mol. The molecule has 13 heteroatoms. The molecule has 2 atom stereocenters. The molecule has 2 saturated heterocycles. The molecule has 43 heavy (non-hydrogen) atoms. The molecule has 0 aliphatic carbocycles. The van der Waals surface area contributed by atoms with Crippen LogP contribution in [0.5, 0.6) is 5.75 Å². The van der Waals surface area contributed by atoms with E-state index in [0.29, 0.717) is 40.5 Å². The van der Waals surface area contributed by atoms with Gasteiger partial charge in [0.2, 0.25) is 0 Å². The number of nitriles is 1. The third-order valence-electron chi connectivity index (χ3n) is 7.63. The molecule has 0 bridgehead atoms. The summed E-state index contributed by atoms with van der Waals surface area (Å²) in [5.41, 5.74) is -1.07. The van der Waals surface area contributed by atoms with Crippen LogP contribution < -0.4 is 9.64 Å². The van der Waals surface area contributed by atoms with Crippen molar-refractivity contribution in [2.75, 3.05) is 25.1 Å². The molecule has 226 valence electrons. The van der Waals surface area contributed by atoms with Crippen LogP contribution in [0, 0.1) is 11.3 Å². The Hall–Kier alpha value is -4.47. The fourth-order valence-electron chi connectivity index (χ4n) is 5.21. The number of hydrogen-bond donors (Lipinski definition) is 0. The Balaban J connectivity index is 1.54. The highest BCUT2D eigenvalue weighted by Crippen LogP contribution is 2.42. The number of carbonyl (C=O) groups excluding carboxylic acids is 1. The van der Waals surface area contributed by atoms with Crippen molar-refractivity contribution in [3.63, 3.8) is 0 Å². The first-order chi connectivity index (χ1) is 20.3. The number of benzene rings is 2. The minimum absolute atomic E-state index is 0.0357. The lowest BCUT2D eigenvalue weighted by atomic mass is 9.96. The lowest BCUT2D eigenvalue weighted by molar-refractivity contribution is -0.143. The molecule has 0 radical (unpaired) electrons. The zero-order valence-corrected chi connectivity index (χ0v) is 23.1. The molecule has 0 unspecified atom stereocenters. The Bertz CT molecular complexity index is 1550. The van der Waals surface area contributed by atoms with Crippen molar-refractivity contribution in [1.29, 1.82) is 5.26 Å². The quantitative estimate of drug-likeness (QED) is 0.267. The zero-order chi connectivity index (χ0) is 31.1. The third-order valence-corrected chi connectivity index (χ3v) is 7.63. The Morgan fingerprint density at radius 1 is 1.00 bits per heavy atom. The number of halogens is 6. The van der Waals surface area contributed by atoms with Gasteiger partial charge in [-0.05, 0) is 66.9 Å². The van der Waals surface area contributed by atoms with E-state index in [4.69, 9.17) is 14.5 Å². The van der Waals surface area contributed by atoms with E-state index >= 15 is 0 Å². The van der Waals surface area contributed by atoms with Crippen molar-refractivity contribution >= 4 is 11.9 Å². The number of nitrogens with zero attached hydrogens (tertiary/aromatic N) is 4. The number of ether oxygens (including phenoxy) is 2. The number of rotatable bonds is 7. The van der Waals surface area contributed by atoms with E-state index < -0.39 is 47.3 Å². The van der Waals surface area contributed by atoms with E-state index in [1.807, 2.05) is 17.0 Å². The van der Waals surface area contributed by atoms with Crippen molar-refractivity contribution in [2.45, 2.75) is 50.8 Å². The molecule has 1 aromatic heterocycles. The van der Waals surface area contributed by atoms with Gasteiger partial charge >= 0.3 is 18.4 Å². The number of anilines is 1. The van der Waals surface area contributed by atoms with Gasteiger partial charge in [-0.25, -0.2) is 9.78 Å². The first-order valence-corrected chi connectivity index (χ1v) is 13.4. The maximum Gasteiger partial charge on any atom is 0.416 e. The molecule has 0 spiro atoms. The predicted molar refractivity (Wildman–Crippen MR) is 143 cm³/mol. The smallest absolute Gasteiger partial charge is 0.416 e. The zero-order valence-electron chi connectivity index (χ0n) is 23.1. The number of amides is 1. The highest BCUT2D eigenvalue weighted by atomic mass is 19.4. The molecule has 2 aromatic carbocycles. The van der Waals surface area contributed by atoms with Crippen LogP contribution in [0.3, 0.4) is 0 Å². The average Bonchev–Trinajstić information content (AvgIpc) is 3.20. The molecule has 1 amide bonds. The number of methoxy groups -OCH3 is 1. The Morgan fingerprint density at radius 2 is 1.67 bits per heavy atom. The van der Waals surface area contributed by atoms with Gasteiger partial charge in [-0.3, -0.25) is 4.90 Å². The van der Waals surface area contributed by atoms with Crippen molar-refractivity contribution in [2.24, 2.45) is 0 Å². The van der Waals surface area contributed by atoms with Crippen molar-refractivity contribution in [3.8, 4) is 22.9 Å². The Kier molecular flexibility index (Phi) is 7.89. The lowest BCUT2D eigenvalue weighted by Gasteiger charge is -2.33. The SMILES string of the molecule is COc1ccc(CC#N)cc1-c1ccc(N2CCC2)nc1CN1C(=O)O[C@H](c2cc(C(F)(F)F)cc(C(F)(F)F)c2)[C@@H]1C. The van der Waals surface area contributed by atoms with Crippen molar-refractivity contribution in [1.82, 2.24) is 9.88 Å². The van der Waals surface area contributed by atoms with Crippen molar-refractivity contribution in [3.05, 3.63) is 76.5 Å². The second-order valence-electron chi connectivity index (χ2n) is 10.4. The van der Waals surface area contributed by atoms with Gasteiger partial charge in [0, 0.05) is 24.2 Å². The molecule has 3 heterocycles. The molecule has 0 saturated carbocycles. The molecule has 3 aromatic rings. The minimum atomic E-state index is -5.04. The standard InChI is InChI=1S/C30H26F6N4O3/c1-17-27(19-13-20(29(31,32)33)15-21(14-19)30(34,35)36)43-28(41)40(17)16-24-22(5-7-26(38-24)39-10-3-11-39)23-12-18(8-9-37)4-6-25(23)42-2/h4-7,12-15,17,27H,3,8,10-11,16H2,1-2H3/t17-,27-/m0/s1. The van der Waals surface area contributed by atoms with E-state index in [-0.39, 0.29) is 19.0 Å². The van der Waals surface area contributed by atoms with Gasteiger partial charge in [-0.15, -0.1) is 0 Å². The molecule has 7 nitrogen and oxygen atoms in total. The fraction of sp³-hybridized carbons (Fsp3) is 0.367. The van der Waals surface area contributed by atoms with Crippen LogP contribution in [-0.4, -0.2) is 42.2 Å². The van der Waals surface area contributed by atoms with E-state index in [9.17, 15) is 36.4 Å². The molecular weight excluding hydrogens is 578 g/mol. The number of cyclic esters (lactones) is 1. The van der Waals surface area contributed by atoms with Gasteiger partial charge in [0.05, 0.1) is 49.0 Å². The minimum Gasteiger partial charge on any atom is -0.496 e. The van der Waals surface area contributed by atoms with E-state index in [0.717, 1.165) is 25.1 Å². The fourth-order valence-corrected chi connectivity index (χ4v) is 5.21. The van der Waals surface area contributed by atoms with Crippen LogP contribution in [0.15, 0.2) is 48.5 Å². The molecule has 0 N–H and O–H groups in total. The highest BCUT2D eigenvalue weighted by molar-refractivity contribution is 5.76. The van der Waals surface area contributed by atoms with Gasteiger partial charge in [0.15, 0.2) is 0 Å². The molecular formula is C30H26F6N4O3. The van der Waals surface area contributed by atoms with E-state index in [1.54, 1.807) is 18.2 Å². The maximum absolute atomic E-state index is 13.5. The third kappa shape index (κ3) is 6.04. The number of hydrogen-bond acceptors (Lipinski definition) is 6. The van der Waals surface area contributed by atoms with Crippen LogP contribution in [0.25, 0.3) is 11.1 Å². The summed E-state index contributed by atoms with van der Waals surface area (Å²) >= 11 is 0. The summed E-state index contributed by atoms with van der Waals surface area (Å²) in [5.74, 6) is 1.14. The monoisotopic (exact) mass is 604 g/mol. The first kappa shape index (κ1) is 30.0. The van der Waals surface area contributed by atoms with Crippen LogP contribution in [0.1, 0.15) is 47.4 Å². The molecule has 5 rings (SSSR count). The van der Waals surface area contributed by atoms with Crippen LogP contribution in [-0.2, 0) is 30.1 Å². The maximum atomic E-state index is 13.5. The summed E-state index contributed by atoms with van der Waals surface area (Å²) in [6, 6.07) is 11.2. The second-order valence-corrected chi connectivity index (χ2v) is 10.4. The van der Waals surface area contributed by atoms with Crippen LogP contribution in [0.4, 0.5) is 37.0 Å². The van der Waals surface area contributed by atoms with Crippen LogP contribution in [0.2, 0.25) is 0 Å². The van der Waals surface area contributed by atoms with Gasteiger partial charge in [-0.2, -0.15) is 31.6 Å². The van der Waals surface area contributed by atoms with Gasteiger partial charge in [0.1, 0.15) is 17.7 Å². The summed E-state index contributed by atoms with van der Waals surface area (Å²) in [4.78, 5) is 21.2. The lowest BCUT2D eigenvalue weighted by Crippen LogP contribution is -2.38. The van der Waals surface area contributed by atoms with Crippen molar-refractivity contribution < 1.29 is 40.6 Å². The molecule has 2 aliphatic rings. The summed E-state index contributed by atoms with van der Waals surface area (Å²) in [5, 5.41) is 9.20. The predicted octanol–water partition coefficient (Wildman–Crippen LogP) is 7.15. The van der Waals surface area contributed by atoms with Gasteiger partial charge in [-0.1, -0.05) is 6.07 Å². The Labute approximate surface area is 243 Å². The topological polar surface area (TPSA) is 78.7 Å².